The Labute approximate surface area is 80.4 Å². The molecule has 0 aliphatic rings. The van der Waals surface area contributed by atoms with E-state index in [0.29, 0.717) is 11.9 Å². The Balaban J connectivity index is 2.47. The van der Waals surface area contributed by atoms with Crippen molar-refractivity contribution in [2.24, 2.45) is 0 Å². The zero-order valence-electron chi connectivity index (χ0n) is 7.86. The summed E-state index contributed by atoms with van der Waals surface area (Å²) in [6.45, 7) is 0. The van der Waals surface area contributed by atoms with Crippen molar-refractivity contribution in [3.8, 4) is 5.95 Å². The Bertz CT molecular complexity index is 407. The van der Waals surface area contributed by atoms with Crippen LogP contribution in [-0.4, -0.2) is 44.3 Å². The molecule has 2 aromatic rings. The summed E-state index contributed by atoms with van der Waals surface area (Å²) < 4.78 is 1.47. The third-order valence-electron chi connectivity index (χ3n) is 1.59. The van der Waals surface area contributed by atoms with Gasteiger partial charge in [0.25, 0.3) is 11.9 Å². The summed E-state index contributed by atoms with van der Waals surface area (Å²) in [5.74, 6) is 1.05. The van der Waals surface area contributed by atoms with E-state index < -0.39 is 0 Å². The van der Waals surface area contributed by atoms with Crippen LogP contribution in [0.4, 0.5) is 5.95 Å². The molecule has 2 rings (SSSR count). The van der Waals surface area contributed by atoms with Crippen molar-refractivity contribution >= 4 is 5.95 Å². The number of tetrazole rings is 1. The largest absolute Gasteiger partial charge is 0.345 e. The quantitative estimate of drug-likeness (QED) is 0.638. The molecule has 7 nitrogen and oxygen atoms in total. The predicted molar refractivity (Wildman–Crippen MR) is 49.1 cm³/mol. The second kappa shape index (κ2) is 3.36. The van der Waals surface area contributed by atoms with Crippen LogP contribution in [0.3, 0.4) is 0 Å². The van der Waals surface area contributed by atoms with E-state index in [-0.39, 0.29) is 0 Å². The molecule has 0 N–H and O–H groups in total. The minimum atomic E-state index is 0.459. The molecule has 0 atom stereocenters. The van der Waals surface area contributed by atoms with Crippen LogP contribution >= 0.6 is 0 Å². The highest BCUT2D eigenvalue weighted by Gasteiger charge is 2.10. The summed E-state index contributed by atoms with van der Waals surface area (Å²) in [6.07, 6.45) is 3.28. The topological polar surface area (TPSA) is 72.6 Å². The Morgan fingerprint density at radius 2 is 1.93 bits per heavy atom. The molecule has 0 saturated carbocycles. The summed E-state index contributed by atoms with van der Waals surface area (Å²) in [5.41, 5.74) is 0. The van der Waals surface area contributed by atoms with E-state index in [9.17, 15) is 0 Å². The van der Waals surface area contributed by atoms with Gasteiger partial charge in [0.15, 0.2) is 0 Å². The minimum absolute atomic E-state index is 0.459. The van der Waals surface area contributed by atoms with Gasteiger partial charge in [-0.3, -0.25) is 0 Å². The van der Waals surface area contributed by atoms with Gasteiger partial charge in [0.2, 0.25) is 0 Å². The van der Waals surface area contributed by atoms with Gasteiger partial charge in [-0.1, -0.05) is 5.10 Å². The lowest BCUT2D eigenvalue weighted by Crippen LogP contribution is -2.16. The lowest BCUT2D eigenvalue weighted by molar-refractivity contribution is 0.743. The Kier molecular flexibility index (Phi) is 2.05. The maximum Gasteiger partial charge on any atom is 0.255 e. The SMILES string of the molecule is CN(C)c1nnnn1-c1ncccn1. The van der Waals surface area contributed by atoms with E-state index in [4.69, 9.17) is 0 Å². The molecule has 0 aliphatic heterocycles. The minimum Gasteiger partial charge on any atom is -0.345 e. The number of aromatic nitrogens is 6. The zero-order chi connectivity index (χ0) is 9.97. The fraction of sp³-hybridized carbons (Fsp3) is 0.286. The van der Waals surface area contributed by atoms with Crippen LogP contribution in [0.1, 0.15) is 0 Å². The third-order valence-corrected chi connectivity index (χ3v) is 1.59. The fourth-order valence-corrected chi connectivity index (χ4v) is 0.991. The van der Waals surface area contributed by atoms with Crippen molar-refractivity contribution in [1.82, 2.24) is 30.2 Å². The monoisotopic (exact) mass is 191 g/mol. The molecular weight excluding hydrogens is 182 g/mol. The van der Waals surface area contributed by atoms with Gasteiger partial charge >= 0.3 is 0 Å². The molecule has 0 unspecified atom stereocenters. The summed E-state index contributed by atoms with van der Waals surface area (Å²) in [4.78, 5) is 9.88. The van der Waals surface area contributed by atoms with E-state index in [1.165, 1.54) is 4.68 Å². The van der Waals surface area contributed by atoms with Gasteiger partial charge in [-0.15, -0.1) is 4.68 Å². The summed E-state index contributed by atoms with van der Waals surface area (Å²) in [5, 5.41) is 11.2. The fourth-order valence-electron chi connectivity index (χ4n) is 0.991. The van der Waals surface area contributed by atoms with Crippen molar-refractivity contribution in [3.63, 3.8) is 0 Å². The molecule has 0 radical (unpaired) electrons. The number of hydrogen-bond donors (Lipinski definition) is 0. The van der Waals surface area contributed by atoms with E-state index in [2.05, 4.69) is 25.5 Å². The first-order valence-corrected chi connectivity index (χ1v) is 4.02. The number of rotatable bonds is 2. The second-order valence-electron chi connectivity index (χ2n) is 2.83. The Hall–Kier alpha value is -2.05. The van der Waals surface area contributed by atoms with Crippen molar-refractivity contribution < 1.29 is 0 Å². The summed E-state index contributed by atoms with van der Waals surface area (Å²) >= 11 is 0. The summed E-state index contributed by atoms with van der Waals surface area (Å²) in [6, 6.07) is 1.74. The molecule has 14 heavy (non-hydrogen) atoms. The molecule has 72 valence electrons. The van der Waals surface area contributed by atoms with Gasteiger partial charge in [-0.2, -0.15) is 0 Å². The lowest BCUT2D eigenvalue weighted by atomic mass is 10.7. The molecule has 0 amide bonds. The van der Waals surface area contributed by atoms with Gasteiger partial charge in [-0.25, -0.2) is 9.97 Å². The summed E-state index contributed by atoms with van der Waals surface area (Å²) in [7, 11) is 3.70. The van der Waals surface area contributed by atoms with Crippen LogP contribution < -0.4 is 4.90 Å². The van der Waals surface area contributed by atoms with Crippen LogP contribution in [0.2, 0.25) is 0 Å². The maximum atomic E-state index is 4.05. The number of hydrogen-bond acceptors (Lipinski definition) is 6. The maximum absolute atomic E-state index is 4.05. The Morgan fingerprint density at radius 1 is 1.21 bits per heavy atom. The molecule has 0 fully saturated rings. The van der Waals surface area contributed by atoms with Gasteiger partial charge in [0, 0.05) is 26.5 Å². The van der Waals surface area contributed by atoms with E-state index in [1.807, 2.05) is 14.1 Å². The van der Waals surface area contributed by atoms with Crippen molar-refractivity contribution in [1.29, 1.82) is 0 Å². The van der Waals surface area contributed by atoms with Crippen LogP contribution in [0.25, 0.3) is 5.95 Å². The van der Waals surface area contributed by atoms with Crippen LogP contribution in [0.15, 0.2) is 18.5 Å². The average molecular weight is 191 g/mol. The van der Waals surface area contributed by atoms with Gasteiger partial charge in [0.05, 0.1) is 0 Å². The standard InChI is InChI=1S/C7H9N7/c1-13(2)7-10-11-12-14(7)6-8-4-3-5-9-6/h3-5H,1-2H3. The van der Waals surface area contributed by atoms with E-state index >= 15 is 0 Å². The zero-order valence-corrected chi connectivity index (χ0v) is 7.86. The molecule has 0 saturated heterocycles. The molecule has 0 bridgehead atoms. The van der Waals surface area contributed by atoms with Gasteiger partial charge < -0.3 is 4.90 Å². The Morgan fingerprint density at radius 3 is 2.57 bits per heavy atom. The first-order valence-electron chi connectivity index (χ1n) is 4.02. The lowest BCUT2D eigenvalue weighted by Gasteiger charge is -2.09. The first kappa shape index (κ1) is 8.54. The highest BCUT2D eigenvalue weighted by atomic mass is 15.6. The first-order chi connectivity index (χ1) is 6.79. The smallest absolute Gasteiger partial charge is 0.255 e. The molecular formula is C7H9N7. The normalized spacial score (nSPS) is 10.1. The van der Waals surface area contributed by atoms with Crippen LogP contribution in [0.5, 0.6) is 0 Å². The number of nitrogens with zero attached hydrogens (tertiary/aromatic N) is 7. The van der Waals surface area contributed by atoms with Gasteiger partial charge in [-0.05, 0) is 16.5 Å². The second-order valence-corrected chi connectivity index (χ2v) is 2.83. The van der Waals surface area contributed by atoms with Crippen LogP contribution in [0, 0.1) is 0 Å². The van der Waals surface area contributed by atoms with E-state index in [1.54, 1.807) is 23.4 Å². The molecule has 0 aliphatic carbocycles. The van der Waals surface area contributed by atoms with Gasteiger partial charge in [0.1, 0.15) is 0 Å². The highest BCUT2D eigenvalue weighted by Crippen LogP contribution is 2.07. The third kappa shape index (κ3) is 1.39. The average Bonchev–Trinajstić information content (AvgIpc) is 2.67. The van der Waals surface area contributed by atoms with Crippen molar-refractivity contribution in [3.05, 3.63) is 18.5 Å². The van der Waals surface area contributed by atoms with Crippen molar-refractivity contribution in [2.75, 3.05) is 19.0 Å². The molecule has 0 aromatic carbocycles. The highest BCUT2D eigenvalue weighted by molar-refractivity contribution is 5.30. The van der Waals surface area contributed by atoms with Crippen molar-refractivity contribution in [2.45, 2.75) is 0 Å². The number of anilines is 1. The molecule has 0 spiro atoms. The molecule has 2 heterocycles. The van der Waals surface area contributed by atoms with Crippen LogP contribution in [-0.2, 0) is 0 Å². The van der Waals surface area contributed by atoms with E-state index in [0.717, 1.165) is 0 Å². The molecule has 2 aromatic heterocycles. The molecule has 7 heteroatoms. The predicted octanol–water partition coefficient (Wildman–Crippen LogP) is -0.482.